The summed E-state index contributed by atoms with van der Waals surface area (Å²) >= 11 is 0. The highest BCUT2D eigenvalue weighted by Crippen LogP contribution is 2.34. The molecule has 0 bridgehead atoms. The Labute approximate surface area is 176 Å². The van der Waals surface area contributed by atoms with E-state index < -0.39 is 11.7 Å². The van der Waals surface area contributed by atoms with Crippen molar-refractivity contribution in [2.75, 3.05) is 5.32 Å². The zero-order valence-electron chi connectivity index (χ0n) is 16.5. The van der Waals surface area contributed by atoms with Crippen LogP contribution in [0.2, 0.25) is 0 Å². The zero-order valence-corrected chi connectivity index (χ0v) is 16.5. The van der Waals surface area contributed by atoms with Crippen molar-refractivity contribution in [3.63, 3.8) is 0 Å². The van der Waals surface area contributed by atoms with E-state index in [1.807, 2.05) is 0 Å². The van der Waals surface area contributed by atoms with E-state index in [0.717, 1.165) is 12.3 Å². The normalized spacial score (nSPS) is 12.6. The molecule has 31 heavy (non-hydrogen) atoms. The van der Waals surface area contributed by atoms with E-state index in [2.05, 4.69) is 15.6 Å². The molecule has 2 aromatic carbocycles. The third-order valence-corrected chi connectivity index (χ3v) is 4.39. The number of anilines is 1. The number of nitrogens with zero attached hydrogens (tertiary/aromatic N) is 3. The molecule has 0 saturated carbocycles. The Kier molecular flexibility index (Phi) is 6.54. The molecule has 9 heteroatoms. The predicted molar refractivity (Wildman–Crippen MR) is 111 cm³/mol. The number of rotatable bonds is 6. The maximum absolute atomic E-state index is 13.8. The average molecular weight is 428 g/mol. The van der Waals surface area contributed by atoms with Crippen LogP contribution < -0.4 is 5.32 Å². The number of halogens is 3. The summed E-state index contributed by atoms with van der Waals surface area (Å²) in [6, 6.07) is 14.7. The Balaban J connectivity index is 1.94. The van der Waals surface area contributed by atoms with Gasteiger partial charge in [-0.3, -0.25) is 4.79 Å². The van der Waals surface area contributed by atoms with Crippen LogP contribution in [0.4, 0.5) is 18.9 Å². The van der Waals surface area contributed by atoms with Crippen LogP contribution in [-0.4, -0.2) is 32.8 Å². The van der Waals surface area contributed by atoms with Crippen LogP contribution >= 0.6 is 0 Å². The number of alkyl halides is 3. The van der Waals surface area contributed by atoms with Gasteiger partial charge in [-0.05, 0) is 30.3 Å². The van der Waals surface area contributed by atoms with Gasteiger partial charge in [-0.25, -0.2) is 4.68 Å². The molecule has 0 fully saturated rings. The van der Waals surface area contributed by atoms with Gasteiger partial charge in [0, 0.05) is 29.4 Å². The van der Waals surface area contributed by atoms with Crippen molar-refractivity contribution in [3.05, 3.63) is 84.2 Å². The molecule has 0 spiro atoms. The van der Waals surface area contributed by atoms with Crippen molar-refractivity contribution in [3.8, 4) is 5.69 Å². The van der Waals surface area contributed by atoms with Crippen LogP contribution in [-0.2, 0) is 4.79 Å². The highest BCUT2D eigenvalue weighted by Gasteiger charge is 2.36. The number of hydrogen-bond acceptors (Lipinski definition) is 4. The van der Waals surface area contributed by atoms with Gasteiger partial charge in [0.05, 0.1) is 17.5 Å². The summed E-state index contributed by atoms with van der Waals surface area (Å²) in [5.41, 5.74) is -0.134. The molecule has 160 valence electrons. The molecule has 0 saturated heterocycles. The average Bonchev–Trinajstić information content (AvgIpc) is 3.24. The molecule has 0 aliphatic rings. The van der Waals surface area contributed by atoms with Gasteiger partial charge >= 0.3 is 6.18 Å². The van der Waals surface area contributed by atoms with Gasteiger partial charge in [-0.2, -0.15) is 18.3 Å². The Morgan fingerprint density at radius 1 is 1.13 bits per heavy atom. The molecule has 0 unspecified atom stereocenters. The molecule has 1 heterocycles. The quantitative estimate of drug-likeness (QED) is 0.328. The van der Waals surface area contributed by atoms with E-state index in [9.17, 15) is 23.2 Å². The maximum Gasteiger partial charge on any atom is 0.417 e. The Morgan fingerprint density at radius 2 is 1.81 bits per heavy atom. The first-order chi connectivity index (χ1) is 14.8. The summed E-state index contributed by atoms with van der Waals surface area (Å²) in [6.07, 6.45) is -1.31. The number of carbonyl (C=O) groups is 1. The van der Waals surface area contributed by atoms with Crippen molar-refractivity contribution in [2.24, 2.45) is 5.16 Å². The van der Waals surface area contributed by atoms with Gasteiger partial charge in [0.2, 0.25) is 5.91 Å². The van der Waals surface area contributed by atoms with Crippen LogP contribution in [0.5, 0.6) is 0 Å². The lowest BCUT2D eigenvalue weighted by Crippen LogP contribution is -2.13. The van der Waals surface area contributed by atoms with Gasteiger partial charge in [0.1, 0.15) is 5.71 Å². The van der Waals surface area contributed by atoms with Gasteiger partial charge in [0.15, 0.2) is 0 Å². The monoisotopic (exact) mass is 428 g/mol. The van der Waals surface area contributed by atoms with E-state index in [1.165, 1.54) is 35.1 Å². The molecule has 6 nitrogen and oxygen atoms in total. The van der Waals surface area contributed by atoms with Gasteiger partial charge in [-0.15, -0.1) is 0 Å². The second-order valence-electron chi connectivity index (χ2n) is 6.53. The van der Waals surface area contributed by atoms with Crippen LogP contribution in [0.15, 0.2) is 78.2 Å². The van der Waals surface area contributed by atoms with Gasteiger partial charge in [-0.1, -0.05) is 42.4 Å². The molecular weight excluding hydrogens is 409 g/mol. The standard InChI is InChI=1S/C22H19F3N4O2/c1-2-21(30)27-17-10-8-15(9-11-17)20(28-31)12-19(22(23,24)25)16-13-26-29(14-16)18-6-4-3-5-7-18/h3-14,31H,2H2,1H3,(H,27,30)/b19-12-,28-20-. The largest absolute Gasteiger partial charge is 0.417 e. The van der Waals surface area contributed by atoms with Crippen molar-refractivity contribution in [2.45, 2.75) is 19.5 Å². The molecule has 3 rings (SSSR count). The molecule has 1 amide bonds. The number of nitrogens with one attached hydrogen (secondary N) is 1. The van der Waals surface area contributed by atoms with Crippen molar-refractivity contribution in [1.82, 2.24) is 9.78 Å². The third kappa shape index (κ3) is 5.39. The van der Waals surface area contributed by atoms with Crippen molar-refractivity contribution < 1.29 is 23.2 Å². The van der Waals surface area contributed by atoms with E-state index in [1.54, 1.807) is 37.3 Å². The van der Waals surface area contributed by atoms with Crippen LogP contribution in [0.3, 0.4) is 0 Å². The summed E-state index contributed by atoms with van der Waals surface area (Å²) in [6.45, 7) is 1.70. The summed E-state index contributed by atoms with van der Waals surface area (Å²) in [7, 11) is 0. The maximum atomic E-state index is 13.8. The minimum atomic E-state index is -4.71. The molecule has 0 aliphatic heterocycles. The van der Waals surface area contributed by atoms with E-state index >= 15 is 0 Å². The SMILES string of the molecule is CCC(=O)Nc1ccc(C(/C=C(/c2cnn(-c3ccccc3)c2)C(F)(F)F)=N\O)cc1. The second kappa shape index (κ2) is 9.29. The number of carbonyl (C=O) groups excluding carboxylic acids is 1. The fourth-order valence-electron chi connectivity index (χ4n) is 2.79. The molecule has 0 aliphatic carbocycles. The van der Waals surface area contributed by atoms with Crippen LogP contribution in [0, 0.1) is 0 Å². The topological polar surface area (TPSA) is 79.5 Å². The zero-order chi connectivity index (χ0) is 22.4. The first-order valence-electron chi connectivity index (χ1n) is 9.33. The summed E-state index contributed by atoms with van der Waals surface area (Å²) < 4.78 is 42.7. The summed E-state index contributed by atoms with van der Waals surface area (Å²) in [5, 5.41) is 19.0. The number of para-hydroxylation sites is 1. The fraction of sp³-hybridized carbons (Fsp3) is 0.136. The lowest BCUT2D eigenvalue weighted by Gasteiger charge is -2.11. The van der Waals surface area contributed by atoms with E-state index in [4.69, 9.17) is 0 Å². The number of allylic oxidation sites excluding steroid dienone is 2. The summed E-state index contributed by atoms with van der Waals surface area (Å²) in [5.74, 6) is -0.196. The minimum Gasteiger partial charge on any atom is -0.410 e. The molecule has 0 radical (unpaired) electrons. The lowest BCUT2D eigenvalue weighted by atomic mass is 10.0. The number of oxime groups is 1. The predicted octanol–water partition coefficient (Wildman–Crippen LogP) is 5.05. The summed E-state index contributed by atoms with van der Waals surface area (Å²) in [4.78, 5) is 11.5. The van der Waals surface area contributed by atoms with Crippen molar-refractivity contribution >= 4 is 22.9 Å². The van der Waals surface area contributed by atoms with E-state index in [-0.39, 0.29) is 22.7 Å². The smallest absolute Gasteiger partial charge is 0.410 e. The minimum absolute atomic E-state index is 0.177. The third-order valence-electron chi connectivity index (χ3n) is 4.39. The first kappa shape index (κ1) is 21.8. The Morgan fingerprint density at radius 3 is 2.39 bits per heavy atom. The van der Waals surface area contributed by atoms with Crippen molar-refractivity contribution in [1.29, 1.82) is 0 Å². The molecule has 2 N–H and O–H groups in total. The highest BCUT2D eigenvalue weighted by atomic mass is 19.4. The van der Waals surface area contributed by atoms with Crippen LogP contribution in [0.1, 0.15) is 24.5 Å². The van der Waals surface area contributed by atoms with Gasteiger partial charge in [0.25, 0.3) is 0 Å². The van der Waals surface area contributed by atoms with Gasteiger partial charge < -0.3 is 10.5 Å². The second-order valence-corrected chi connectivity index (χ2v) is 6.53. The molecule has 1 aromatic heterocycles. The number of aromatic nitrogens is 2. The Hall–Kier alpha value is -3.88. The number of benzene rings is 2. The molecular formula is C22H19F3N4O2. The lowest BCUT2D eigenvalue weighted by molar-refractivity contribution is -0.115. The number of hydrogen-bond donors (Lipinski definition) is 2. The number of amides is 1. The van der Waals surface area contributed by atoms with Crippen LogP contribution in [0.25, 0.3) is 11.3 Å². The first-order valence-corrected chi connectivity index (χ1v) is 9.33. The highest BCUT2D eigenvalue weighted by molar-refractivity contribution is 6.12. The van der Waals surface area contributed by atoms with E-state index in [0.29, 0.717) is 17.8 Å². The Bertz CT molecular complexity index is 1100. The molecule has 3 aromatic rings. The fourth-order valence-corrected chi connectivity index (χ4v) is 2.79. The molecule has 0 atom stereocenters.